The molecule has 21 heavy (non-hydrogen) atoms. The topological polar surface area (TPSA) is 90.4 Å². The summed E-state index contributed by atoms with van der Waals surface area (Å²) in [5, 5.41) is 10.9. The van der Waals surface area contributed by atoms with Gasteiger partial charge in [0.15, 0.2) is 0 Å². The fourth-order valence-corrected chi connectivity index (χ4v) is 2.24. The number of rotatable bonds is 5. The van der Waals surface area contributed by atoms with Crippen LogP contribution in [0.3, 0.4) is 0 Å². The summed E-state index contributed by atoms with van der Waals surface area (Å²) in [5.41, 5.74) is 2.80. The van der Waals surface area contributed by atoms with Gasteiger partial charge in [0.05, 0.1) is 4.92 Å². The van der Waals surface area contributed by atoms with Crippen molar-refractivity contribution < 1.29 is 14.1 Å². The zero-order valence-electron chi connectivity index (χ0n) is 10.7. The zero-order chi connectivity index (χ0) is 15.4. The van der Waals surface area contributed by atoms with Crippen LogP contribution < -0.4 is 16.0 Å². The van der Waals surface area contributed by atoms with E-state index in [2.05, 4.69) is 21.4 Å². The van der Waals surface area contributed by atoms with Gasteiger partial charge in [-0.25, -0.2) is 4.39 Å². The molecule has 110 valence electrons. The Morgan fingerprint density at radius 3 is 2.76 bits per heavy atom. The first kappa shape index (κ1) is 15.2. The van der Waals surface area contributed by atoms with Crippen molar-refractivity contribution in [2.75, 3.05) is 5.43 Å². The molecule has 6 nitrogen and oxygen atoms in total. The predicted octanol–water partition coefficient (Wildman–Crippen LogP) is 3.36. The average molecular weight is 356 g/mol. The van der Waals surface area contributed by atoms with E-state index in [0.29, 0.717) is 15.8 Å². The Balaban J connectivity index is 2.23. The van der Waals surface area contributed by atoms with E-state index >= 15 is 0 Å². The Labute approximate surface area is 128 Å². The number of nitrogens with two attached hydrogens (primary N) is 1. The highest BCUT2D eigenvalue weighted by Gasteiger charge is 2.16. The van der Waals surface area contributed by atoms with Gasteiger partial charge in [-0.1, -0.05) is 28.1 Å². The third-order valence-corrected chi connectivity index (χ3v) is 3.16. The molecule has 0 saturated heterocycles. The average Bonchev–Trinajstić information content (AvgIpc) is 2.43. The van der Waals surface area contributed by atoms with Crippen molar-refractivity contribution in [3.63, 3.8) is 0 Å². The number of nitro groups is 1. The van der Waals surface area contributed by atoms with Crippen LogP contribution in [0.25, 0.3) is 0 Å². The van der Waals surface area contributed by atoms with Gasteiger partial charge in [-0.2, -0.15) is 0 Å². The Morgan fingerprint density at radius 1 is 1.38 bits per heavy atom. The number of nitro benzene ring substituents is 1. The smallest absolute Gasteiger partial charge is 0.294 e. The number of anilines is 1. The Kier molecular flexibility index (Phi) is 4.71. The molecule has 0 aromatic heterocycles. The van der Waals surface area contributed by atoms with Crippen LogP contribution in [0.15, 0.2) is 40.9 Å². The van der Waals surface area contributed by atoms with Gasteiger partial charge in [0.25, 0.3) is 5.69 Å². The number of hydrazine groups is 1. The summed E-state index contributed by atoms with van der Waals surface area (Å²) in [5.74, 6) is 5.18. The largest absolute Gasteiger partial charge is 0.489 e. The van der Waals surface area contributed by atoms with E-state index in [1.54, 1.807) is 12.1 Å². The summed E-state index contributed by atoms with van der Waals surface area (Å²) in [4.78, 5) is 10.4. The molecule has 0 amide bonds. The molecule has 0 unspecified atom stereocenters. The van der Waals surface area contributed by atoms with Gasteiger partial charge in [-0.05, 0) is 12.1 Å². The lowest BCUT2D eigenvalue weighted by Crippen LogP contribution is -2.12. The van der Waals surface area contributed by atoms with E-state index in [1.807, 2.05) is 0 Å². The zero-order valence-corrected chi connectivity index (χ0v) is 12.3. The highest BCUT2D eigenvalue weighted by atomic mass is 79.9. The summed E-state index contributed by atoms with van der Waals surface area (Å²) >= 11 is 3.16. The molecule has 0 aliphatic rings. The quantitative estimate of drug-likeness (QED) is 0.487. The number of ether oxygens (including phenoxy) is 1. The van der Waals surface area contributed by atoms with Crippen LogP contribution in [0.1, 0.15) is 5.56 Å². The highest BCUT2D eigenvalue weighted by Crippen LogP contribution is 2.29. The number of benzene rings is 2. The molecule has 0 radical (unpaired) electrons. The molecule has 0 aliphatic carbocycles. The Bertz CT molecular complexity index is 661. The first-order chi connectivity index (χ1) is 10.0. The third kappa shape index (κ3) is 3.67. The monoisotopic (exact) mass is 355 g/mol. The van der Waals surface area contributed by atoms with E-state index in [0.717, 1.165) is 0 Å². The molecule has 2 aromatic rings. The number of halogens is 2. The fourth-order valence-electron chi connectivity index (χ4n) is 1.80. The number of para-hydroxylation sites is 1. The molecule has 2 rings (SSSR count). The van der Waals surface area contributed by atoms with E-state index < -0.39 is 10.7 Å². The van der Waals surface area contributed by atoms with E-state index in [1.165, 1.54) is 24.3 Å². The van der Waals surface area contributed by atoms with Crippen molar-refractivity contribution in [2.24, 2.45) is 5.84 Å². The number of hydrogen-bond donors (Lipinski definition) is 2. The van der Waals surface area contributed by atoms with Crippen LogP contribution in [-0.4, -0.2) is 4.92 Å². The lowest BCUT2D eigenvalue weighted by Gasteiger charge is -2.11. The minimum atomic E-state index is -0.544. The maximum absolute atomic E-state index is 13.2. The minimum absolute atomic E-state index is 0.0110. The molecule has 0 atom stereocenters. The lowest BCUT2D eigenvalue weighted by molar-refractivity contribution is -0.384. The van der Waals surface area contributed by atoms with E-state index in [9.17, 15) is 14.5 Å². The molecule has 0 aliphatic heterocycles. The summed E-state index contributed by atoms with van der Waals surface area (Å²) in [6, 6.07) is 8.61. The van der Waals surface area contributed by atoms with Gasteiger partial charge < -0.3 is 10.2 Å². The standard InChI is InChI=1S/C13H11BrFN3O3/c14-9-4-10(15)6-11(5-9)21-7-8-2-1-3-12(18(19)20)13(8)17-16/h1-6,17H,7,16H2. The third-order valence-electron chi connectivity index (χ3n) is 2.70. The summed E-state index contributed by atoms with van der Waals surface area (Å²) < 4.78 is 19.2. The van der Waals surface area contributed by atoms with E-state index in [4.69, 9.17) is 10.6 Å². The molecule has 0 fully saturated rings. The number of hydrogen-bond acceptors (Lipinski definition) is 5. The maximum Gasteiger partial charge on any atom is 0.294 e. The van der Waals surface area contributed by atoms with Crippen molar-refractivity contribution in [3.8, 4) is 5.75 Å². The Morgan fingerprint density at radius 2 is 2.14 bits per heavy atom. The molecule has 2 aromatic carbocycles. The highest BCUT2D eigenvalue weighted by molar-refractivity contribution is 9.10. The SMILES string of the molecule is NNc1c(COc2cc(F)cc(Br)c2)cccc1[N+](=O)[O-]. The van der Waals surface area contributed by atoms with Gasteiger partial charge in [0.1, 0.15) is 23.9 Å². The summed E-state index contributed by atoms with van der Waals surface area (Å²) in [7, 11) is 0. The first-order valence-electron chi connectivity index (χ1n) is 5.83. The van der Waals surface area contributed by atoms with Crippen molar-refractivity contribution >= 4 is 27.3 Å². The van der Waals surface area contributed by atoms with Crippen molar-refractivity contribution in [2.45, 2.75) is 6.61 Å². The second-order valence-corrected chi connectivity index (χ2v) is 5.02. The van der Waals surface area contributed by atoms with Crippen LogP contribution in [0.4, 0.5) is 15.8 Å². The number of nitrogens with zero attached hydrogens (tertiary/aromatic N) is 1. The minimum Gasteiger partial charge on any atom is -0.489 e. The predicted molar refractivity (Wildman–Crippen MR) is 79.3 cm³/mol. The normalized spacial score (nSPS) is 10.2. The lowest BCUT2D eigenvalue weighted by atomic mass is 10.1. The van der Waals surface area contributed by atoms with Gasteiger partial charge in [0.2, 0.25) is 0 Å². The molecule has 0 bridgehead atoms. The van der Waals surface area contributed by atoms with Gasteiger partial charge >= 0.3 is 0 Å². The Hall–Kier alpha value is -2.19. The van der Waals surface area contributed by atoms with Crippen LogP contribution in [0.2, 0.25) is 0 Å². The van der Waals surface area contributed by atoms with Crippen LogP contribution >= 0.6 is 15.9 Å². The van der Waals surface area contributed by atoms with Crippen LogP contribution in [-0.2, 0) is 6.61 Å². The second kappa shape index (κ2) is 6.51. The first-order valence-corrected chi connectivity index (χ1v) is 6.62. The molecule has 3 N–H and O–H groups in total. The van der Waals surface area contributed by atoms with Crippen molar-refractivity contribution in [1.82, 2.24) is 0 Å². The van der Waals surface area contributed by atoms with Crippen LogP contribution in [0, 0.1) is 15.9 Å². The fraction of sp³-hybridized carbons (Fsp3) is 0.0769. The number of nitrogen functional groups attached to an aromatic ring is 1. The molecule has 8 heteroatoms. The van der Waals surface area contributed by atoms with Crippen molar-refractivity contribution in [1.29, 1.82) is 0 Å². The molecule has 0 saturated carbocycles. The second-order valence-electron chi connectivity index (χ2n) is 4.11. The number of nitrogens with one attached hydrogen (secondary N) is 1. The van der Waals surface area contributed by atoms with Gasteiger partial charge in [0, 0.05) is 22.2 Å². The van der Waals surface area contributed by atoms with Crippen LogP contribution in [0.5, 0.6) is 5.75 Å². The van der Waals surface area contributed by atoms with Gasteiger partial charge in [-0.3, -0.25) is 16.0 Å². The molecular weight excluding hydrogens is 345 g/mol. The molecular formula is C13H11BrFN3O3. The summed E-state index contributed by atoms with van der Waals surface area (Å²) in [6.07, 6.45) is 0. The van der Waals surface area contributed by atoms with E-state index in [-0.39, 0.29) is 18.0 Å². The van der Waals surface area contributed by atoms with Crippen molar-refractivity contribution in [3.05, 3.63) is 62.4 Å². The van der Waals surface area contributed by atoms with Gasteiger partial charge in [-0.15, -0.1) is 0 Å². The summed E-state index contributed by atoms with van der Waals surface area (Å²) in [6.45, 7) is 0.0110. The maximum atomic E-state index is 13.2. The molecule has 0 spiro atoms. The molecule has 0 heterocycles.